The summed E-state index contributed by atoms with van der Waals surface area (Å²) in [5.41, 5.74) is 2.21. The van der Waals surface area contributed by atoms with E-state index in [1.54, 1.807) is 0 Å². The van der Waals surface area contributed by atoms with Crippen LogP contribution in [0.3, 0.4) is 0 Å². The third kappa shape index (κ3) is 2.61. The minimum atomic E-state index is -0.464. The first-order valence-corrected chi connectivity index (χ1v) is 8.06. The molecule has 0 aliphatic carbocycles. The van der Waals surface area contributed by atoms with Gasteiger partial charge in [-0.3, -0.25) is 4.79 Å². The van der Waals surface area contributed by atoms with Crippen molar-refractivity contribution in [2.75, 3.05) is 5.32 Å². The van der Waals surface area contributed by atoms with Gasteiger partial charge in [0.1, 0.15) is 5.66 Å². The van der Waals surface area contributed by atoms with Gasteiger partial charge in [-0.1, -0.05) is 63.2 Å². The molecule has 1 N–H and O–H groups in total. The Hall–Kier alpha value is -2.29. The van der Waals surface area contributed by atoms with E-state index < -0.39 is 5.66 Å². The quantitative estimate of drug-likeness (QED) is 0.885. The summed E-state index contributed by atoms with van der Waals surface area (Å²) in [4.78, 5) is 15.1. The lowest BCUT2D eigenvalue weighted by molar-refractivity contribution is 0.0159. The van der Waals surface area contributed by atoms with Crippen LogP contribution < -0.4 is 5.32 Å². The van der Waals surface area contributed by atoms with Crippen LogP contribution in [0.2, 0.25) is 0 Å². The number of para-hydroxylation sites is 1. The van der Waals surface area contributed by atoms with Gasteiger partial charge in [-0.2, -0.15) is 0 Å². The summed E-state index contributed by atoms with van der Waals surface area (Å²) in [6.07, 6.45) is 0. The number of amides is 1. The summed E-state index contributed by atoms with van der Waals surface area (Å²) in [5, 5.41) is 3.62. The van der Waals surface area contributed by atoms with Gasteiger partial charge in [0, 0.05) is 17.6 Å². The van der Waals surface area contributed by atoms with Crippen molar-refractivity contribution in [1.29, 1.82) is 0 Å². The van der Waals surface area contributed by atoms with Crippen molar-refractivity contribution in [3.8, 4) is 0 Å². The first-order valence-electron chi connectivity index (χ1n) is 8.06. The van der Waals surface area contributed by atoms with Crippen LogP contribution in [0.4, 0.5) is 5.69 Å². The molecule has 1 aliphatic rings. The van der Waals surface area contributed by atoms with Gasteiger partial charge in [0.25, 0.3) is 5.91 Å². The zero-order valence-electron chi connectivity index (χ0n) is 14.3. The maximum Gasteiger partial charge on any atom is 0.258 e. The molecule has 0 aromatic heterocycles. The normalized spacial score (nSPS) is 20.9. The largest absolute Gasteiger partial charge is 0.362 e. The zero-order valence-corrected chi connectivity index (χ0v) is 14.3. The van der Waals surface area contributed by atoms with Crippen LogP contribution in [0.25, 0.3) is 0 Å². The summed E-state index contributed by atoms with van der Waals surface area (Å²) in [6.45, 7) is 9.20. The Morgan fingerprint density at radius 1 is 1.00 bits per heavy atom. The van der Waals surface area contributed by atoms with E-state index in [0.717, 1.165) is 16.8 Å². The van der Waals surface area contributed by atoms with Crippen LogP contribution >= 0.6 is 0 Å². The van der Waals surface area contributed by atoms with Gasteiger partial charge in [0.15, 0.2) is 0 Å². The van der Waals surface area contributed by atoms with Crippen LogP contribution in [0.15, 0.2) is 54.6 Å². The van der Waals surface area contributed by atoms with Gasteiger partial charge in [0.2, 0.25) is 0 Å². The lowest BCUT2D eigenvalue weighted by Crippen LogP contribution is -2.64. The Bertz CT molecular complexity index is 718. The molecule has 0 fully saturated rings. The molecule has 3 heteroatoms. The van der Waals surface area contributed by atoms with Gasteiger partial charge in [-0.25, -0.2) is 0 Å². The number of fused-ring (bicyclic) bond motifs is 1. The van der Waals surface area contributed by atoms with Crippen LogP contribution in [0.1, 0.15) is 43.6 Å². The number of hydrogen-bond acceptors (Lipinski definition) is 2. The summed E-state index contributed by atoms with van der Waals surface area (Å²) in [5.74, 6) is 0.0839. The standard InChI is InChI=1S/C20H24N2O/c1-19(2,3)20(4)21-17-13-9-8-12-16(17)18(23)22(20)14-15-10-6-5-7-11-15/h5-13,21H,14H2,1-4H3. The minimum absolute atomic E-state index is 0.0839. The fraction of sp³-hybridized carbons (Fsp3) is 0.350. The summed E-state index contributed by atoms with van der Waals surface area (Å²) in [6, 6.07) is 17.9. The molecule has 3 rings (SSSR count). The molecule has 2 aromatic carbocycles. The fourth-order valence-electron chi connectivity index (χ4n) is 3.05. The molecule has 0 saturated heterocycles. The molecule has 1 aliphatic heterocycles. The van der Waals surface area contributed by atoms with Crippen LogP contribution in [0.5, 0.6) is 0 Å². The molecule has 3 nitrogen and oxygen atoms in total. The number of nitrogens with zero attached hydrogens (tertiary/aromatic N) is 1. The molecule has 1 heterocycles. The van der Waals surface area contributed by atoms with E-state index >= 15 is 0 Å². The number of nitrogens with one attached hydrogen (secondary N) is 1. The summed E-state index contributed by atoms with van der Waals surface area (Å²) < 4.78 is 0. The molecular formula is C20H24N2O. The topological polar surface area (TPSA) is 32.3 Å². The second-order valence-electron chi connectivity index (χ2n) is 7.37. The second kappa shape index (κ2) is 5.41. The first-order chi connectivity index (χ1) is 10.8. The number of benzene rings is 2. The van der Waals surface area contributed by atoms with Crippen LogP contribution in [-0.2, 0) is 6.54 Å². The van der Waals surface area contributed by atoms with Crippen molar-refractivity contribution < 1.29 is 4.79 Å². The molecule has 1 amide bonds. The number of rotatable bonds is 2. The Morgan fingerprint density at radius 2 is 1.61 bits per heavy atom. The molecule has 23 heavy (non-hydrogen) atoms. The van der Waals surface area contributed by atoms with E-state index in [0.29, 0.717) is 6.54 Å². The van der Waals surface area contributed by atoms with Crippen molar-refractivity contribution in [3.63, 3.8) is 0 Å². The summed E-state index contributed by atoms with van der Waals surface area (Å²) in [7, 11) is 0. The highest BCUT2D eigenvalue weighted by Gasteiger charge is 2.48. The highest BCUT2D eigenvalue weighted by molar-refractivity contribution is 6.02. The molecular weight excluding hydrogens is 284 g/mol. The Morgan fingerprint density at radius 3 is 2.26 bits per heavy atom. The van der Waals surface area contributed by atoms with Crippen molar-refractivity contribution >= 4 is 11.6 Å². The maximum absolute atomic E-state index is 13.2. The van der Waals surface area contributed by atoms with Crippen LogP contribution in [-0.4, -0.2) is 16.5 Å². The minimum Gasteiger partial charge on any atom is -0.362 e. The summed E-state index contributed by atoms with van der Waals surface area (Å²) >= 11 is 0. The lowest BCUT2D eigenvalue weighted by Gasteiger charge is -2.53. The molecule has 1 atom stereocenters. The molecule has 2 aromatic rings. The van der Waals surface area contributed by atoms with Crippen molar-refractivity contribution in [3.05, 3.63) is 65.7 Å². The Balaban J connectivity index is 2.08. The molecule has 0 bridgehead atoms. The van der Waals surface area contributed by atoms with Gasteiger partial charge in [0.05, 0.1) is 5.56 Å². The second-order valence-corrected chi connectivity index (χ2v) is 7.37. The fourth-order valence-corrected chi connectivity index (χ4v) is 3.05. The average Bonchev–Trinajstić information content (AvgIpc) is 2.51. The number of anilines is 1. The van der Waals surface area contributed by atoms with Gasteiger partial charge < -0.3 is 10.2 Å². The van der Waals surface area contributed by atoms with E-state index in [-0.39, 0.29) is 11.3 Å². The molecule has 0 spiro atoms. The Kier molecular flexibility index (Phi) is 3.67. The van der Waals surface area contributed by atoms with E-state index in [4.69, 9.17) is 0 Å². The van der Waals surface area contributed by atoms with Crippen molar-refractivity contribution in [2.24, 2.45) is 5.41 Å². The molecule has 0 saturated carbocycles. The smallest absolute Gasteiger partial charge is 0.258 e. The monoisotopic (exact) mass is 308 g/mol. The lowest BCUT2D eigenvalue weighted by atomic mass is 9.78. The van der Waals surface area contributed by atoms with E-state index in [2.05, 4.69) is 45.1 Å². The Labute approximate surface area is 138 Å². The van der Waals surface area contributed by atoms with Crippen LogP contribution in [0, 0.1) is 5.41 Å². The molecule has 120 valence electrons. The van der Waals surface area contributed by atoms with Gasteiger partial charge in [-0.05, 0) is 24.6 Å². The number of carbonyl (C=O) groups excluding carboxylic acids is 1. The average molecular weight is 308 g/mol. The maximum atomic E-state index is 13.2. The van der Waals surface area contributed by atoms with Gasteiger partial charge in [-0.15, -0.1) is 0 Å². The van der Waals surface area contributed by atoms with E-state index in [1.807, 2.05) is 47.4 Å². The predicted octanol–water partition coefficient (Wildman–Crippen LogP) is 4.52. The predicted molar refractivity (Wildman–Crippen MR) is 94.2 cm³/mol. The van der Waals surface area contributed by atoms with Gasteiger partial charge >= 0.3 is 0 Å². The van der Waals surface area contributed by atoms with E-state index in [1.165, 1.54) is 0 Å². The van der Waals surface area contributed by atoms with Crippen molar-refractivity contribution in [2.45, 2.75) is 39.9 Å². The number of carbonyl (C=O) groups is 1. The SMILES string of the molecule is CC(C)(C)C1(C)Nc2ccccc2C(=O)N1Cc1ccccc1. The zero-order chi connectivity index (χ0) is 16.7. The third-order valence-electron chi connectivity index (χ3n) is 4.96. The molecule has 0 radical (unpaired) electrons. The van der Waals surface area contributed by atoms with E-state index in [9.17, 15) is 4.79 Å². The van der Waals surface area contributed by atoms with Crippen molar-refractivity contribution in [1.82, 2.24) is 4.90 Å². The highest BCUT2D eigenvalue weighted by Crippen LogP contribution is 2.42. The first kappa shape index (κ1) is 15.6. The highest BCUT2D eigenvalue weighted by atomic mass is 16.2. The third-order valence-corrected chi connectivity index (χ3v) is 4.96. The molecule has 1 unspecified atom stereocenters. The number of hydrogen-bond donors (Lipinski definition) is 1.